The number of benzene rings is 1. The molecule has 0 fully saturated rings. The Kier molecular flexibility index (Phi) is 4.23. The minimum atomic E-state index is -4.40. The molecule has 0 bridgehead atoms. The van der Waals surface area contributed by atoms with Crippen LogP contribution in [0.25, 0.3) is 0 Å². The SMILES string of the molecule is N=C(NCc1ccccc1C(F)(F)F)Nc1nccs1. The van der Waals surface area contributed by atoms with Gasteiger partial charge in [-0.2, -0.15) is 13.2 Å². The number of nitrogens with one attached hydrogen (secondary N) is 3. The fourth-order valence-electron chi connectivity index (χ4n) is 1.57. The molecule has 0 saturated heterocycles. The van der Waals surface area contributed by atoms with E-state index in [4.69, 9.17) is 5.41 Å². The largest absolute Gasteiger partial charge is 0.416 e. The normalized spacial score (nSPS) is 11.2. The second-order valence-corrected chi connectivity index (χ2v) is 4.74. The lowest BCUT2D eigenvalue weighted by Crippen LogP contribution is -2.29. The van der Waals surface area contributed by atoms with E-state index in [1.165, 1.54) is 29.5 Å². The van der Waals surface area contributed by atoms with E-state index in [-0.39, 0.29) is 18.1 Å². The minimum Gasteiger partial charge on any atom is -0.352 e. The molecule has 1 aromatic carbocycles. The first kappa shape index (κ1) is 14.3. The highest BCUT2D eigenvalue weighted by Gasteiger charge is 2.32. The number of guanidine groups is 1. The predicted octanol–water partition coefficient (Wildman–Crippen LogP) is 3.30. The average Bonchev–Trinajstić information content (AvgIpc) is 2.88. The van der Waals surface area contributed by atoms with Gasteiger partial charge < -0.3 is 10.6 Å². The van der Waals surface area contributed by atoms with Crippen LogP contribution in [0.4, 0.5) is 18.3 Å². The van der Waals surface area contributed by atoms with Gasteiger partial charge in [-0.3, -0.25) is 5.41 Å². The second-order valence-electron chi connectivity index (χ2n) is 3.85. The third kappa shape index (κ3) is 3.70. The molecule has 2 rings (SSSR count). The van der Waals surface area contributed by atoms with E-state index in [9.17, 15) is 13.2 Å². The number of anilines is 1. The van der Waals surface area contributed by atoms with Crippen LogP contribution in [0.1, 0.15) is 11.1 Å². The van der Waals surface area contributed by atoms with Gasteiger partial charge in [-0.25, -0.2) is 4.98 Å². The van der Waals surface area contributed by atoms with Crippen molar-refractivity contribution < 1.29 is 13.2 Å². The number of thiazole rings is 1. The second kappa shape index (κ2) is 5.91. The highest BCUT2D eigenvalue weighted by molar-refractivity contribution is 7.13. The smallest absolute Gasteiger partial charge is 0.352 e. The van der Waals surface area contributed by atoms with Crippen LogP contribution in [-0.2, 0) is 12.7 Å². The first-order valence-corrected chi connectivity index (χ1v) is 6.49. The quantitative estimate of drug-likeness (QED) is 0.602. The number of aromatic nitrogens is 1. The van der Waals surface area contributed by atoms with Crippen LogP contribution in [0.5, 0.6) is 0 Å². The van der Waals surface area contributed by atoms with E-state index in [1.807, 2.05) is 0 Å². The Balaban J connectivity index is 1.99. The Hall–Kier alpha value is -2.09. The number of hydrogen-bond acceptors (Lipinski definition) is 3. The number of hydrogen-bond donors (Lipinski definition) is 3. The molecule has 2 aromatic rings. The molecule has 0 saturated carbocycles. The molecule has 8 heteroatoms. The number of alkyl halides is 3. The predicted molar refractivity (Wildman–Crippen MR) is 71.7 cm³/mol. The van der Waals surface area contributed by atoms with Gasteiger partial charge in [-0.1, -0.05) is 18.2 Å². The molecule has 3 N–H and O–H groups in total. The Labute approximate surface area is 117 Å². The van der Waals surface area contributed by atoms with Crippen LogP contribution in [0.15, 0.2) is 35.8 Å². The summed E-state index contributed by atoms with van der Waals surface area (Å²) < 4.78 is 38.3. The summed E-state index contributed by atoms with van der Waals surface area (Å²) in [5.41, 5.74) is -0.611. The molecule has 0 aliphatic rings. The average molecular weight is 300 g/mol. The molecule has 106 valence electrons. The molecular weight excluding hydrogens is 289 g/mol. The molecule has 0 aliphatic carbocycles. The number of rotatable bonds is 3. The van der Waals surface area contributed by atoms with Crippen LogP contribution >= 0.6 is 11.3 Å². The molecule has 0 spiro atoms. The third-order valence-electron chi connectivity index (χ3n) is 2.44. The maximum Gasteiger partial charge on any atom is 0.416 e. The zero-order valence-corrected chi connectivity index (χ0v) is 11.0. The van der Waals surface area contributed by atoms with Crippen LogP contribution in [0, 0.1) is 5.41 Å². The zero-order chi connectivity index (χ0) is 14.6. The number of nitrogens with zero attached hydrogens (tertiary/aromatic N) is 1. The first-order valence-electron chi connectivity index (χ1n) is 5.61. The van der Waals surface area contributed by atoms with Gasteiger partial charge in [-0.05, 0) is 11.6 Å². The van der Waals surface area contributed by atoms with E-state index in [1.54, 1.807) is 11.6 Å². The van der Waals surface area contributed by atoms with Gasteiger partial charge in [0.15, 0.2) is 11.1 Å². The van der Waals surface area contributed by atoms with Gasteiger partial charge >= 0.3 is 6.18 Å². The fourth-order valence-corrected chi connectivity index (χ4v) is 2.10. The lowest BCUT2D eigenvalue weighted by atomic mass is 10.1. The summed E-state index contributed by atoms with van der Waals surface area (Å²) in [6.07, 6.45) is -2.83. The van der Waals surface area contributed by atoms with Gasteiger partial charge in [0.05, 0.1) is 5.56 Å². The maximum atomic E-state index is 12.8. The Bertz CT molecular complexity index is 581. The molecule has 1 aromatic heterocycles. The molecule has 0 amide bonds. The van der Waals surface area contributed by atoms with Gasteiger partial charge in [0.2, 0.25) is 0 Å². The standard InChI is InChI=1S/C12H11F3N4S/c13-12(14,15)9-4-2-1-3-8(9)7-18-10(16)19-11-17-5-6-20-11/h1-6H,7H2,(H3,16,17,18,19). The molecular formula is C12H11F3N4S. The molecule has 1 heterocycles. The lowest BCUT2D eigenvalue weighted by Gasteiger charge is -2.14. The summed E-state index contributed by atoms with van der Waals surface area (Å²) >= 11 is 1.30. The van der Waals surface area contributed by atoms with Crippen molar-refractivity contribution >= 4 is 22.4 Å². The minimum absolute atomic E-state index is 0.0886. The van der Waals surface area contributed by atoms with Gasteiger partial charge in [0.25, 0.3) is 0 Å². The van der Waals surface area contributed by atoms with E-state index >= 15 is 0 Å². The topological polar surface area (TPSA) is 60.8 Å². The molecule has 0 unspecified atom stereocenters. The zero-order valence-electron chi connectivity index (χ0n) is 10.2. The van der Waals surface area contributed by atoms with Crippen molar-refractivity contribution in [1.82, 2.24) is 10.3 Å². The lowest BCUT2D eigenvalue weighted by molar-refractivity contribution is -0.138. The van der Waals surface area contributed by atoms with Gasteiger partial charge in [0, 0.05) is 18.1 Å². The van der Waals surface area contributed by atoms with Crippen LogP contribution in [0.2, 0.25) is 0 Å². The number of halogens is 3. The summed E-state index contributed by atoms with van der Waals surface area (Å²) in [6, 6.07) is 5.27. The van der Waals surface area contributed by atoms with Crippen molar-refractivity contribution in [2.24, 2.45) is 0 Å². The van der Waals surface area contributed by atoms with Crippen molar-refractivity contribution in [2.45, 2.75) is 12.7 Å². The van der Waals surface area contributed by atoms with Crippen molar-refractivity contribution in [3.05, 3.63) is 47.0 Å². The summed E-state index contributed by atoms with van der Waals surface area (Å²) in [5, 5.41) is 15.1. The van der Waals surface area contributed by atoms with Gasteiger partial charge in [-0.15, -0.1) is 11.3 Å². The molecule has 0 aliphatic heterocycles. The molecule has 4 nitrogen and oxygen atoms in total. The van der Waals surface area contributed by atoms with Crippen molar-refractivity contribution in [1.29, 1.82) is 5.41 Å². The van der Waals surface area contributed by atoms with Crippen molar-refractivity contribution in [3.8, 4) is 0 Å². The van der Waals surface area contributed by atoms with Crippen LogP contribution in [-0.4, -0.2) is 10.9 Å². The first-order chi connectivity index (χ1) is 9.47. The summed E-state index contributed by atoms with van der Waals surface area (Å²) in [4.78, 5) is 3.91. The third-order valence-corrected chi connectivity index (χ3v) is 3.13. The van der Waals surface area contributed by atoms with Crippen molar-refractivity contribution in [2.75, 3.05) is 5.32 Å². The summed E-state index contributed by atoms with van der Waals surface area (Å²) in [5.74, 6) is -0.100. The fraction of sp³-hybridized carbons (Fsp3) is 0.167. The monoisotopic (exact) mass is 300 g/mol. The summed E-state index contributed by atoms with van der Waals surface area (Å²) in [7, 11) is 0. The highest BCUT2D eigenvalue weighted by Crippen LogP contribution is 2.31. The van der Waals surface area contributed by atoms with E-state index in [0.717, 1.165) is 6.07 Å². The molecule has 20 heavy (non-hydrogen) atoms. The summed E-state index contributed by atoms with van der Waals surface area (Å²) in [6.45, 7) is -0.0904. The van der Waals surface area contributed by atoms with Crippen LogP contribution in [0.3, 0.4) is 0 Å². The van der Waals surface area contributed by atoms with E-state index in [0.29, 0.717) is 5.13 Å². The van der Waals surface area contributed by atoms with Crippen molar-refractivity contribution in [3.63, 3.8) is 0 Å². The molecule has 0 radical (unpaired) electrons. The van der Waals surface area contributed by atoms with E-state index in [2.05, 4.69) is 15.6 Å². The Morgan fingerprint density at radius 2 is 2.05 bits per heavy atom. The Morgan fingerprint density at radius 1 is 1.30 bits per heavy atom. The molecule has 0 atom stereocenters. The van der Waals surface area contributed by atoms with Crippen LogP contribution < -0.4 is 10.6 Å². The Morgan fingerprint density at radius 3 is 2.70 bits per heavy atom. The maximum absolute atomic E-state index is 12.8. The highest BCUT2D eigenvalue weighted by atomic mass is 32.1. The van der Waals surface area contributed by atoms with E-state index < -0.39 is 11.7 Å². The van der Waals surface area contributed by atoms with Gasteiger partial charge in [0.1, 0.15) is 0 Å².